The summed E-state index contributed by atoms with van der Waals surface area (Å²) in [5.41, 5.74) is 22.8. The van der Waals surface area contributed by atoms with Crippen LogP contribution in [0.4, 0.5) is 0 Å². The monoisotopic (exact) mass is 226 g/mol. The van der Waals surface area contributed by atoms with Crippen molar-refractivity contribution < 1.29 is 0 Å². The number of hydrogen-bond donors (Lipinski definition) is 4. The normalized spacial score (nSPS) is 10.8. The van der Waals surface area contributed by atoms with E-state index >= 15 is 0 Å². The zero-order valence-electron chi connectivity index (χ0n) is 9.33. The molecule has 0 radical (unpaired) electrons. The van der Waals surface area contributed by atoms with Crippen LogP contribution in [-0.2, 0) is 6.42 Å². The molecule has 4 nitrogen and oxygen atoms in total. The van der Waals surface area contributed by atoms with Gasteiger partial charge in [-0.3, -0.25) is 0 Å². The summed E-state index contributed by atoms with van der Waals surface area (Å²) in [5.74, 6) is 0. The zero-order valence-corrected chi connectivity index (χ0v) is 9.33. The molecule has 0 saturated carbocycles. The van der Waals surface area contributed by atoms with Gasteiger partial charge in [0.2, 0.25) is 0 Å². The molecule has 1 aliphatic carbocycles. The number of hydrogen-bond acceptors (Lipinski definition) is 4. The summed E-state index contributed by atoms with van der Waals surface area (Å²) in [6.07, 6.45) is 5.53. The molecule has 1 aliphatic rings. The van der Waals surface area contributed by atoms with Gasteiger partial charge in [0.1, 0.15) is 0 Å². The molecule has 0 aromatic heterocycles. The molecular formula is C13H14N4. The molecule has 4 N–H and O–H groups in total. The van der Waals surface area contributed by atoms with Crippen molar-refractivity contribution in [2.45, 2.75) is 6.42 Å². The van der Waals surface area contributed by atoms with Crippen LogP contribution in [0.15, 0.2) is 42.5 Å². The summed E-state index contributed by atoms with van der Waals surface area (Å²) in [7, 11) is 0. The Kier molecular flexibility index (Phi) is 4.69. The maximum absolute atomic E-state index is 5.00. The fraction of sp³-hybridized carbons (Fsp3) is 0.0769. The summed E-state index contributed by atoms with van der Waals surface area (Å²) in [5, 5.41) is 2.80. The van der Waals surface area contributed by atoms with Crippen LogP contribution in [-0.4, -0.2) is 0 Å². The third kappa shape index (κ3) is 2.42. The predicted octanol–water partition coefficient (Wildman–Crippen LogP) is 4.60. The van der Waals surface area contributed by atoms with Gasteiger partial charge >= 0.3 is 0 Å². The summed E-state index contributed by atoms with van der Waals surface area (Å²) in [6.45, 7) is 0. The smallest absolute Gasteiger partial charge is 0.00763 e. The van der Waals surface area contributed by atoms with Crippen LogP contribution < -0.4 is 0 Å². The van der Waals surface area contributed by atoms with Gasteiger partial charge in [-0.15, -0.1) is 0 Å². The Hall–Kier alpha value is -2.36. The standard InChI is InChI=1S/C13H10.2H2N2/c1-4-10-6-2-8-12-9-3-7-11(5-1)13(10)12;2*1-2/h1-8H,9H2;2*1-2H. The first kappa shape index (κ1) is 12.7. The minimum absolute atomic E-state index is 1.08. The van der Waals surface area contributed by atoms with Crippen molar-refractivity contribution in [3.63, 3.8) is 0 Å². The SMILES string of the molecule is C1=Cc2cccc3cccc(c23)C1.N=N.N=N. The molecule has 86 valence electrons. The van der Waals surface area contributed by atoms with Crippen LogP contribution >= 0.6 is 0 Å². The lowest BCUT2D eigenvalue weighted by Gasteiger charge is -2.11. The molecule has 2 aromatic carbocycles. The molecule has 0 fully saturated rings. The molecule has 0 saturated heterocycles. The maximum Gasteiger partial charge on any atom is -0.00763 e. The van der Waals surface area contributed by atoms with Crippen molar-refractivity contribution in [1.29, 1.82) is 22.1 Å². The quantitative estimate of drug-likeness (QED) is 0.472. The molecule has 0 spiro atoms. The lowest BCUT2D eigenvalue weighted by molar-refractivity contribution is 1.05. The second-order valence-corrected chi connectivity index (χ2v) is 3.47. The van der Waals surface area contributed by atoms with Gasteiger partial charge in [-0.05, 0) is 28.3 Å². The van der Waals surface area contributed by atoms with Crippen LogP contribution in [0.5, 0.6) is 0 Å². The lowest BCUT2D eigenvalue weighted by atomic mass is 9.93. The molecule has 17 heavy (non-hydrogen) atoms. The Morgan fingerprint density at radius 1 is 0.824 bits per heavy atom. The van der Waals surface area contributed by atoms with Gasteiger partial charge in [0.05, 0.1) is 0 Å². The van der Waals surface area contributed by atoms with Crippen molar-refractivity contribution >= 4 is 16.8 Å². The number of rotatable bonds is 0. The third-order valence-electron chi connectivity index (χ3n) is 2.66. The highest BCUT2D eigenvalue weighted by atomic mass is 14.7. The topological polar surface area (TPSA) is 95.4 Å². The Labute approximate surface area is 99.6 Å². The van der Waals surface area contributed by atoms with E-state index in [9.17, 15) is 0 Å². The van der Waals surface area contributed by atoms with Crippen LogP contribution in [0, 0.1) is 22.1 Å². The summed E-state index contributed by atoms with van der Waals surface area (Å²) >= 11 is 0. The summed E-state index contributed by atoms with van der Waals surface area (Å²) < 4.78 is 0. The Balaban J connectivity index is 0.000000330. The van der Waals surface area contributed by atoms with E-state index in [1.165, 1.54) is 21.9 Å². The second-order valence-electron chi connectivity index (χ2n) is 3.47. The molecule has 3 rings (SSSR count). The Morgan fingerprint density at radius 3 is 2.18 bits per heavy atom. The average molecular weight is 226 g/mol. The molecule has 0 amide bonds. The van der Waals surface area contributed by atoms with E-state index in [-0.39, 0.29) is 0 Å². The van der Waals surface area contributed by atoms with Crippen molar-refractivity contribution in [1.82, 2.24) is 0 Å². The fourth-order valence-corrected chi connectivity index (χ4v) is 2.07. The highest BCUT2D eigenvalue weighted by molar-refractivity contribution is 5.94. The molecule has 4 heteroatoms. The Morgan fingerprint density at radius 2 is 1.47 bits per heavy atom. The highest BCUT2D eigenvalue weighted by Crippen LogP contribution is 2.27. The second kappa shape index (κ2) is 6.27. The lowest BCUT2D eigenvalue weighted by Crippen LogP contribution is -1.91. The van der Waals surface area contributed by atoms with E-state index in [1.807, 2.05) is 0 Å². The van der Waals surface area contributed by atoms with E-state index in [2.05, 4.69) is 48.6 Å². The van der Waals surface area contributed by atoms with E-state index in [4.69, 9.17) is 22.1 Å². The fourth-order valence-electron chi connectivity index (χ4n) is 2.07. The Bertz CT molecular complexity index is 527. The number of nitrogens with one attached hydrogen (secondary N) is 4. The van der Waals surface area contributed by atoms with E-state index in [0.717, 1.165) is 6.42 Å². The first-order valence-electron chi connectivity index (χ1n) is 5.12. The van der Waals surface area contributed by atoms with Crippen molar-refractivity contribution in [2.24, 2.45) is 0 Å². The third-order valence-corrected chi connectivity index (χ3v) is 2.66. The molecule has 0 heterocycles. The minimum Gasteiger partial charge on any atom is -0.213 e. The molecule has 0 unspecified atom stereocenters. The van der Waals surface area contributed by atoms with E-state index < -0.39 is 0 Å². The molecule has 0 aliphatic heterocycles. The predicted molar refractivity (Wildman–Crippen MR) is 67.6 cm³/mol. The van der Waals surface area contributed by atoms with Crippen molar-refractivity contribution in [3.05, 3.63) is 53.6 Å². The van der Waals surface area contributed by atoms with Crippen molar-refractivity contribution in [2.75, 3.05) is 0 Å². The van der Waals surface area contributed by atoms with Crippen LogP contribution in [0.3, 0.4) is 0 Å². The molecule has 0 bridgehead atoms. The highest BCUT2D eigenvalue weighted by Gasteiger charge is 2.06. The van der Waals surface area contributed by atoms with Crippen LogP contribution in [0.2, 0.25) is 0 Å². The van der Waals surface area contributed by atoms with E-state index in [0.29, 0.717) is 0 Å². The maximum atomic E-state index is 5.00. The van der Waals surface area contributed by atoms with Gasteiger partial charge in [0, 0.05) is 0 Å². The van der Waals surface area contributed by atoms with Gasteiger partial charge in [0.15, 0.2) is 0 Å². The first-order chi connectivity index (χ1) is 8.45. The number of benzene rings is 2. The van der Waals surface area contributed by atoms with Gasteiger partial charge in [-0.2, -0.15) is 0 Å². The summed E-state index contributed by atoms with van der Waals surface area (Å²) in [6, 6.07) is 13.0. The van der Waals surface area contributed by atoms with Gasteiger partial charge in [-0.1, -0.05) is 48.6 Å². The van der Waals surface area contributed by atoms with Gasteiger partial charge in [-0.25, -0.2) is 22.1 Å². The van der Waals surface area contributed by atoms with Crippen LogP contribution in [0.25, 0.3) is 16.8 Å². The molecule has 2 aromatic rings. The van der Waals surface area contributed by atoms with Gasteiger partial charge < -0.3 is 0 Å². The van der Waals surface area contributed by atoms with Crippen LogP contribution in [0.1, 0.15) is 11.1 Å². The van der Waals surface area contributed by atoms with E-state index in [1.54, 1.807) is 0 Å². The van der Waals surface area contributed by atoms with Gasteiger partial charge in [0.25, 0.3) is 0 Å². The van der Waals surface area contributed by atoms with Crippen molar-refractivity contribution in [3.8, 4) is 0 Å². The summed E-state index contributed by atoms with van der Waals surface area (Å²) in [4.78, 5) is 0. The minimum atomic E-state index is 1.08. The molecular weight excluding hydrogens is 212 g/mol. The molecule has 0 atom stereocenters. The zero-order chi connectivity index (χ0) is 12.7. The number of allylic oxidation sites excluding steroid dienone is 1. The first-order valence-corrected chi connectivity index (χ1v) is 5.12. The largest absolute Gasteiger partial charge is 0.213 e. The average Bonchev–Trinajstić information content (AvgIpc) is 2.44.